The molecule has 34 heteroatoms. The number of rotatable bonds is 20. The second-order valence-electron chi connectivity index (χ2n) is 24.6. The van der Waals surface area contributed by atoms with Gasteiger partial charge in [0.25, 0.3) is 11.8 Å². The van der Waals surface area contributed by atoms with Crippen LogP contribution in [0.3, 0.4) is 0 Å². The Kier molecular flexibility index (Phi) is 21.2. The van der Waals surface area contributed by atoms with Gasteiger partial charge in [-0.25, -0.2) is 23.6 Å². The minimum Gasteiger partial charge on any atom is -0.740 e. The normalized spacial score (nSPS) is 26.1. The highest BCUT2D eigenvalue weighted by molar-refractivity contribution is 7.74. The van der Waals surface area contributed by atoms with Crippen LogP contribution in [0, 0.1) is 0 Å². The molecule has 542 valence electrons. The third kappa shape index (κ3) is 14.4. The van der Waals surface area contributed by atoms with E-state index >= 15 is 0 Å². The van der Waals surface area contributed by atoms with Crippen LogP contribution < -0.4 is 42.4 Å². The van der Waals surface area contributed by atoms with Crippen LogP contribution >= 0.6 is 22.7 Å². The molecule has 2 fully saturated rings. The first-order valence-electron chi connectivity index (χ1n) is 31.8. The smallest absolute Gasteiger partial charge is 0.416 e. The molecular weight excluding hydrogens is 1400 g/mol. The molecule has 6 aliphatic rings. The van der Waals surface area contributed by atoms with Crippen LogP contribution in [0.2, 0.25) is 0 Å². The number of ether oxygens (including phenoxy) is 10. The van der Waals surface area contributed by atoms with Crippen molar-refractivity contribution in [1.29, 1.82) is 0 Å². The molecule has 2 saturated heterocycles. The lowest BCUT2D eigenvalue weighted by Crippen LogP contribution is -2.60. The average molecular weight is 1470 g/mol. The average Bonchev–Trinajstić information content (AvgIpc) is 1.60. The van der Waals surface area contributed by atoms with Gasteiger partial charge in [0.2, 0.25) is 12.6 Å². The lowest BCUT2D eigenvalue weighted by atomic mass is 9.99. The lowest BCUT2D eigenvalue weighted by molar-refractivity contribution is -0.277. The number of aliphatic hydroxyl groups excluding tert-OH is 10. The zero-order valence-electron chi connectivity index (χ0n) is 54.0. The van der Waals surface area contributed by atoms with Gasteiger partial charge in [0.15, 0.2) is 35.5 Å². The predicted molar refractivity (Wildman–Crippen MR) is 353 cm³/mol. The van der Waals surface area contributed by atoms with E-state index in [0.717, 1.165) is 30.7 Å². The maximum Gasteiger partial charge on any atom is 0.416 e. The second-order valence-corrected chi connectivity index (χ2v) is 27.2. The number of anilines is 2. The first kappa shape index (κ1) is 71.6. The van der Waals surface area contributed by atoms with Crippen molar-refractivity contribution in [2.24, 2.45) is 0 Å². The maximum absolute atomic E-state index is 14.8. The number of methoxy groups -OCH3 is 2. The highest BCUT2D eigenvalue weighted by Crippen LogP contribution is 2.46. The molecule has 6 aliphatic heterocycles. The Morgan fingerprint density at radius 2 is 0.931 bits per heavy atom. The summed E-state index contributed by atoms with van der Waals surface area (Å²) in [7, 11) is 2.65. The molecule has 0 bridgehead atoms. The fourth-order valence-corrected chi connectivity index (χ4v) is 15.1. The van der Waals surface area contributed by atoms with Gasteiger partial charge >= 0.3 is 12.2 Å². The number of fused-ring (bicyclic) bond motifs is 6. The standard InChI is InChI=1S/C68H70N4O27S3/c1-89-47-18-41-43(71(63(83)45-22-53-36(11-13-100-53)24-69(45)61(41)81)67(85)93-28-32-3-7-38(8-4-32)95-65-59(79)57(77)55(75)51(26-73)97-65)20-49(47)91-30-34-15-35(17-40(16-34)99-102(87)88)31-92-50-21-44-42(19-48(50)90-2)62(82)70-25-37-12-14-101-54(37)23-46(70)64(84)72(44)68(86)94-29-33-5-9-39(10-6-33)96-66-60(80)58(78)56(76)52(27-74)98-66/h3-21,45-46,51-52,55-60,63-66,73-80,83-84H,22-31H2,1-2H3,(H,87,88)/p-1/t45-,46+,51-,52-,55+,56+,57+,58+,59-,60-,63?,64?,65-,66-/m1/s1. The molecule has 0 saturated carbocycles. The quantitative estimate of drug-likeness (QED) is 0.0490. The Hall–Kier alpha value is -8.79. The van der Waals surface area contributed by atoms with E-state index in [1.807, 2.05) is 22.9 Å². The molecule has 3 unspecified atom stereocenters. The summed E-state index contributed by atoms with van der Waals surface area (Å²) in [5, 5.41) is 110. The second kappa shape index (κ2) is 30.3. The molecule has 5 aromatic carbocycles. The summed E-state index contributed by atoms with van der Waals surface area (Å²) in [6, 6.07) is 23.4. The van der Waals surface area contributed by atoms with Crippen LogP contribution in [0.25, 0.3) is 0 Å². The summed E-state index contributed by atoms with van der Waals surface area (Å²) in [4.78, 5) is 65.5. The molecule has 13 rings (SSSR count). The van der Waals surface area contributed by atoms with E-state index in [0.29, 0.717) is 11.1 Å². The van der Waals surface area contributed by atoms with E-state index in [-0.39, 0.29) is 126 Å². The minimum absolute atomic E-state index is 0.0139. The first-order valence-corrected chi connectivity index (χ1v) is 34.6. The van der Waals surface area contributed by atoms with Crippen molar-refractivity contribution in [3.05, 3.63) is 168 Å². The van der Waals surface area contributed by atoms with Crippen LogP contribution in [-0.2, 0) is 82.7 Å². The molecule has 31 nitrogen and oxygen atoms in total. The van der Waals surface area contributed by atoms with Crippen molar-refractivity contribution in [3.63, 3.8) is 0 Å². The molecule has 0 spiro atoms. The number of hydrogen-bond donors (Lipinski definition) is 10. The zero-order chi connectivity index (χ0) is 71.9. The van der Waals surface area contributed by atoms with Gasteiger partial charge in [0, 0.05) is 47.8 Å². The van der Waals surface area contributed by atoms with Crippen molar-refractivity contribution in [2.75, 3.05) is 37.2 Å². The summed E-state index contributed by atoms with van der Waals surface area (Å²) in [6.07, 6.45) is -20.5. The molecule has 15 atom stereocenters. The van der Waals surface area contributed by atoms with Gasteiger partial charge in [-0.1, -0.05) is 24.3 Å². The van der Waals surface area contributed by atoms with Crippen LogP contribution in [-0.4, -0.2) is 207 Å². The van der Waals surface area contributed by atoms with Crippen LogP contribution in [0.1, 0.15) is 63.9 Å². The predicted octanol–water partition coefficient (Wildman–Crippen LogP) is 2.60. The maximum atomic E-state index is 14.8. The van der Waals surface area contributed by atoms with Crippen molar-refractivity contribution in [3.8, 4) is 40.2 Å². The highest BCUT2D eigenvalue weighted by atomic mass is 32.2. The van der Waals surface area contributed by atoms with Gasteiger partial charge in [-0.3, -0.25) is 9.59 Å². The first-order chi connectivity index (χ1) is 49.1. The molecular formula is C68H69N4O27S3-. The topological polar surface area (TPSA) is 425 Å². The number of amides is 4. The number of carbonyl (C=O) groups is 4. The highest BCUT2D eigenvalue weighted by Gasteiger charge is 2.50. The summed E-state index contributed by atoms with van der Waals surface area (Å²) in [5.74, 6) is -1.11. The monoisotopic (exact) mass is 1470 g/mol. The zero-order valence-corrected chi connectivity index (χ0v) is 56.5. The van der Waals surface area contributed by atoms with E-state index in [1.54, 1.807) is 6.07 Å². The Bertz CT molecular complexity index is 4000. The number of aliphatic hydroxyl groups is 10. The lowest BCUT2D eigenvalue weighted by Gasteiger charge is -2.39. The molecule has 2 aromatic heterocycles. The van der Waals surface area contributed by atoms with Crippen molar-refractivity contribution in [1.82, 2.24) is 9.80 Å². The number of nitrogens with zero attached hydrogens (tertiary/aromatic N) is 4. The molecule has 0 radical (unpaired) electrons. The fourth-order valence-electron chi connectivity index (χ4n) is 13.0. The van der Waals surface area contributed by atoms with Gasteiger partial charge in [-0.05, 0) is 111 Å². The van der Waals surface area contributed by atoms with E-state index < -0.39 is 135 Å². The number of thiophene rings is 2. The van der Waals surface area contributed by atoms with Crippen molar-refractivity contribution in [2.45, 2.75) is 138 Å². The van der Waals surface area contributed by atoms with Gasteiger partial charge in [0.05, 0.1) is 62.0 Å². The summed E-state index contributed by atoms with van der Waals surface area (Å²) < 4.78 is 87.8. The molecule has 0 aliphatic carbocycles. The molecule has 4 amide bonds. The SMILES string of the molecule is COc1cc2c(cc1OCc1cc(COc3cc4c(cc3OC)C(=O)N3Cc5ccsc5C[C@H]3C(O)N4C(=O)OCc3ccc(O[C@@H]4O[C@H](CO)[C@H](O)[C@H](O)[C@H]4O)cc3)cc(OS(=O)[O-])c1)N(C(=O)OCc1ccc(O[C@@H]3O[C@H](CO)[C@H](O)[C@H](O)[C@H]3O)cc1)C(O)[C@H]1Cc3sccc3CN1C2=O. The van der Waals surface area contributed by atoms with Gasteiger partial charge in [0.1, 0.15) is 104 Å². The Morgan fingerprint density at radius 3 is 1.31 bits per heavy atom. The Labute approximate surface area is 590 Å². The third-order valence-electron chi connectivity index (χ3n) is 18.4. The summed E-state index contributed by atoms with van der Waals surface area (Å²) in [6.45, 7) is -2.63. The van der Waals surface area contributed by atoms with Gasteiger partial charge in [-0.15, -0.1) is 22.7 Å². The third-order valence-corrected chi connectivity index (χ3v) is 20.7. The van der Waals surface area contributed by atoms with Crippen molar-refractivity contribution >= 4 is 69.4 Å². The van der Waals surface area contributed by atoms with Crippen LogP contribution in [0.4, 0.5) is 21.0 Å². The Morgan fingerprint density at radius 1 is 0.520 bits per heavy atom. The van der Waals surface area contributed by atoms with E-state index in [4.69, 9.17) is 51.6 Å². The van der Waals surface area contributed by atoms with E-state index in [9.17, 15) is 79.0 Å². The van der Waals surface area contributed by atoms with E-state index in [2.05, 4.69) is 0 Å². The van der Waals surface area contributed by atoms with Gasteiger partial charge in [-0.2, -0.15) is 0 Å². The molecule has 7 aromatic rings. The number of benzene rings is 5. The number of carbonyl (C=O) groups excluding carboxylic acids is 4. The van der Waals surface area contributed by atoms with E-state index in [1.165, 1.54) is 132 Å². The van der Waals surface area contributed by atoms with Gasteiger partial charge < -0.3 is 117 Å². The van der Waals surface area contributed by atoms with Crippen molar-refractivity contribution < 1.29 is 131 Å². The van der Waals surface area contributed by atoms with Crippen LogP contribution in [0.15, 0.2) is 114 Å². The Balaban J connectivity index is 0.751. The molecule has 102 heavy (non-hydrogen) atoms. The molecule has 10 N–H and O–H groups in total. The van der Waals surface area contributed by atoms with Crippen LogP contribution in [0.5, 0.6) is 40.2 Å². The summed E-state index contributed by atoms with van der Waals surface area (Å²) in [5.41, 5.74) is 2.72. The fraction of sp³-hybridized carbons (Fsp3) is 0.382. The molecule has 8 heterocycles. The largest absolute Gasteiger partial charge is 0.740 e. The summed E-state index contributed by atoms with van der Waals surface area (Å²) >= 11 is -0.230. The minimum atomic E-state index is -3.10. The number of hydrogen-bond acceptors (Lipinski definition) is 29.